The number of carbonyl (C=O) groups is 1. The Kier molecular flexibility index (Phi) is 4.31. The van der Waals surface area contributed by atoms with Crippen LogP contribution in [0.4, 0.5) is 0 Å². The first-order valence-corrected chi connectivity index (χ1v) is 9.47. The summed E-state index contributed by atoms with van der Waals surface area (Å²) in [6.07, 6.45) is 3.12. The molecular weight excluding hydrogens is 384 g/mol. The third kappa shape index (κ3) is 3.02. The maximum atomic E-state index is 12.5. The highest BCUT2D eigenvalue weighted by atomic mass is 16.5. The summed E-state index contributed by atoms with van der Waals surface area (Å²) in [5.41, 5.74) is 1.69. The van der Waals surface area contributed by atoms with Gasteiger partial charge in [0.2, 0.25) is 5.88 Å². The molecule has 1 atom stereocenters. The van der Waals surface area contributed by atoms with Gasteiger partial charge in [-0.25, -0.2) is 14.5 Å². The van der Waals surface area contributed by atoms with Gasteiger partial charge in [0.25, 0.3) is 0 Å². The van der Waals surface area contributed by atoms with Crippen molar-refractivity contribution in [3.63, 3.8) is 0 Å². The lowest BCUT2D eigenvalue weighted by Crippen LogP contribution is -2.21. The molecule has 8 heteroatoms. The van der Waals surface area contributed by atoms with Crippen LogP contribution in [0.5, 0.6) is 11.6 Å². The molecule has 0 N–H and O–H groups in total. The second kappa shape index (κ2) is 7.14. The first-order valence-electron chi connectivity index (χ1n) is 9.47. The zero-order valence-electron chi connectivity index (χ0n) is 16.4. The van der Waals surface area contributed by atoms with Crippen LogP contribution in [0, 0.1) is 0 Å². The quantitative estimate of drug-likeness (QED) is 0.503. The molecular formula is C22H18N4O4. The van der Waals surface area contributed by atoms with Gasteiger partial charge < -0.3 is 13.9 Å². The van der Waals surface area contributed by atoms with Crippen molar-refractivity contribution in [2.75, 3.05) is 0 Å². The summed E-state index contributed by atoms with van der Waals surface area (Å²) >= 11 is 0. The summed E-state index contributed by atoms with van der Waals surface area (Å²) in [4.78, 5) is 21.5. The normalized spacial score (nSPS) is 15.7. The van der Waals surface area contributed by atoms with Crippen molar-refractivity contribution in [2.45, 2.75) is 26.4 Å². The summed E-state index contributed by atoms with van der Waals surface area (Å²) in [6.45, 7) is 3.46. The van der Waals surface area contributed by atoms with Gasteiger partial charge >= 0.3 is 0 Å². The predicted octanol–water partition coefficient (Wildman–Crippen LogP) is 3.68. The number of ether oxygens (including phenoxy) is 2. The number of Topliss-reactive ketones (excluding diaryl/α,β-unsaturated/α-hetero) is 1. The Morgan fingerprint density at radius 1 is 1.20 bits per heavy atom. The van der Waals surface area contributed by atoms with Gasteiger partial charge in [-0.1, -0.05) is 18.2 Å². The number of nitrogens with zero attached hydrogens (tertiary/aromatic N) is 4. The van der Waals surface area contributed by atoms with Crippen molar-refractivity contribution >= 4 is 11.4 Å². The van der Waals surface area contributed by atoms with E-state index >= 15 is 0 Å². The lowest BCUT2D eigenvalue weighted by Gasteiger charge is -2.26. The molecule has 0 amide bonds. The smallest absolute Gasteiger partial charge is 0.228 e. The molecule has 0 spiro atoms. The Hall–Kier alpha value is -3.94. The van der Waals surface area contributed by atoms with E-state index in [4.69, 9.17) is 13.9 Å². The van der Waals surface area contributed by atoms with E-state index in [2.05, 4.69) is 15.1 Å². The van der Waals surface area contributed by atoms with Crippen LogP contribution in [-0.2, 0) is 11.4 Å². The van der Waals surface area contributed by atoms with E-state index in [0.29, 0.717) is 40.0 Å². The second-order valence-electron chi connectivity index (χ2n) is 6.94. The van der Waals surface area contributed by atoms with Gasteiger partial charge in [0, 0.05) is 5.57 Å². The average Bonchev–Trinajstić information content (AvgIpc) is 3.41. The zero-order valence-corrected chi connectivity index (χ0v) is 16.4. The van der Waals surface area contributed by atoms with Gasteiger partial charge in [-0.3, -0.25) is 4.79 Å². The molecule has 1 aliphatic rings. The van der Waals surface area contributed by atoms with Crippen molar-refractivity contribution in [3.8, 4) is 11.6 Å². The molecule has 0 bridgehead atoms. The van der Waals surface area contributed by atoms with E-state index in [-0.39, 0.29) is 12.4 Å². The van der Waals surface area contributed by atoms with E-state index in [9.17, 15) is 4.79 Å². The fraction of sp³-hybridized carbons (Fsp3) is 0.182. The molecule has 4 aromatic rings. The number of benzene rings is 1. The fourth-order valence-corrected chi connectivity index (χ4v) is 3.70. The fourth-order valence-electron chi connectivity index (χ4n) is 3.70. The number of furan rings is 1. The number of carbonyl (C=O) groups excluding carboxylic acids is 1. The Balaban J connectivity index is 1.60. The van der Waals surface area contributed by atoms with Crippen LogP contribution in [0.25, 0.3) is 5.65 Å². The number of hydrogen-bond acceptors (Lipinski definition) is 7. The van der Waals surface area contributed by atoms with Crippen LogP contribution in [0.3, 0.4) is 0 Å². The highest BCUT2D eigenvalue weighted by Crippen LogP contribution is 2.44. The molecule has 4 heterocycles. The van der Waals surface area contributed by atoms with E-state index < -0.39 is 5.92 Å². The highest BCUT2D eigenvalue weighted by molar-refractivity contribution is 5.97. The van der Waals surface area contributed by atoms with Crippen molar-refractivity contribution in [1.29, 1.82) is 0 Å². The lowest BCUT2D eigenvalue weighted by molar-refractivity contribution is -0.114. The Morgan fingerprint density at radius 3 is 2.77 bits per heavy atom. The van der Waals surface area contributed by atoms with Gasteiger partial charge in [-0.05, 0) is 38.1 Å². The van der Waals surface area contributed by atoms with Gasteiger partial charge in [-0.2, -0.15) is 0 Å². The molecule has 0 saturated heterocycles. The molecule has 0 radical (unpaired) electrons. The monoisotopic (exact) mass is 402 g/mol. The van der Waals surface area contributed by atoms with Crippen LogP contribution < -0.4 is 9.47 Å². The first kappa shape index (κ1) is 18.1. The van der Waals surface area contributed by atoms with Gasteiger partial charge in [0.15, 0.2) is 17.3 Å². The number of para-hydroxylation sites is 1. The third-order valence-electron chi connectivity index (χ3n) is 4.96. The average molecular weight is 402 g/mol. The number of hydrogen-bond donors (Lipinski definition) is 0. The molecule has 0 aliphatic carbocycles. The van der Waals surface area contributed by atoms with Crippen LogP contribution in [-0.4, -0.2) is 25.4 Å². The minimum atomic E-state index is -0.482. The van der Waals surface area contributed by atoms with Crippen molar-refractivity contribution in [1.82, 2.24) is 19.6 Å². The SMILES string of the molecule is CC(=O)C1=C(C)Oc2ncn3nc(COc4ccccc4)nc3c2C1c1ccco1. The van der Waals surface area contributed by atoms with Crippen molar-refractivity contribution in [3.05, 3.63) is 83.5 Å². The first-order chi connectivity index (χ1) is 14.6. The molecule has 0 saturated carbocycles. The summed E-state index contributed by atoms with van der Waals surface area (Å²) < 4.78 is 18.9. The summed E-state index contributed by atoms with van der Waals surface area (Å²) in [5, 5.41) is 4.47. The largest absolute Gasteiger partial charge is 0.486 e. The molecule has 0 fully saturated rings. The topological polar surface area (TPSA) is 91.8 Å². The molecule has 30 heavy (non-hydrogen) atoms. The maximum absolute atomic E-state index is 12.5. The summed E-state index contributed by atoms with van der Waals surface area (Å²) in [6, 6.07) is 13.1. The lowest BCUT2D eigenvalue weighted by atomic mass is 9.85. The number of ketones is 1. The Morgan fingerprint density at radius 2 is 2.03 bits per heavy atom. The maximum Gasteiger partial charge on any atom is 0.228 e. The summed E-state index contributed by atoms with van der Waals surface area (Å²) in [7, 11) is 0. The number of allylic oxidation sites excluding steroid dienone is 2. The van der Waals surface area contributed by atoms with E-state index in [1.807, 2.05) is 36.4 Å². The van der Waals surface area contributed by atoms with Crippen LogP contribution in [0.1, 0.15) is 36.9 Å². The molecule has 8 nitrogen and oxygen atoms in total. The molecule has 1 aromatic carbocycles. The van der Waals surface area contributed by atoms with E-state index in [1.165, 1.54) is 6.92 Å². The van der Waals surface area contributed by atoms with Crippen LogP contribution in [0.2, 0.25) is 0 Å². The number of rotatable bonds is 5. The third-order valence-corrected chi connectivity index (χ3v) is 4.96. The Labute approximate surface area is 171 Å². The molecule has 1 unspecified atom stereocenters. The highest BCUT2D eigenvalue weighted by Gasteiger charge is 2.37. The standard InChI is InChI=1S/C22H18N4O4/c1-13(27)18-14(2)30-22-20(19(18)16-9-6-10-28-16)21-24-17(25-26(21)12-23-22)11-29-15-7-4-3-5-8-15/h3-10,12,19H,11H2,1-2H3. The van der Waals surface area contributed by atoms with Crippen molar-refractivity contribution < 1.29 is 18.7 Å². The van der Waals surface area contributed by atoms with E-state index in [1.54, 1.807) is 30.1 Å². The Bertz CT molecular complexity index is 1260. The van der Waals surface area contributed by atoms with Gasteiger partial charge in [0.05, 0.1) is 17.7 Å². The van der Waals surface area contributed by atoms with Crippen LogP contribution >= 0.6 is 0 Å². The number of aromatic nitrogens is 4. The van der Waals surface area contributed by atoms with E-state index in [0.717, 1.165) is 5.75 Å². The van der Waals surface area contributed by atoms with Crippen LogP contribution in [0.15, 0.2) is 70.8 Å². The van der Waals surface area contributed by atoms with Gasteiger partial charge in [0.1, 0.15) is 30.2 Å². The molecule has 3 aromatic heterocycles. The minimum Gasteiger partial charge on any atom is -0.486 e. The minimum absolute atomic E-state index is 0.103. The molecule has 150 valence electrons. The molecule has 5 rings (SSSR count). The van der Waals surface area contributed by atoms with Gasteiger partial charge in [-0.15, -0.1) is 5.10 Å². The summed E-state index contributed by atoms with van der Waals surface area (Å²) in [5.74, 6) is 2.13. The second-order valence-corrected chi connectivity index (χ2v) is 6.94. The predicted molar refractivity (Wildman–Crippen MR) is 106 cm³/mol. The zero-order chi connectivity index (χ0) is 20.7. The van der Waals surface area contributed by atoms with Crippen molar-refractivity contribution in [2.24, 2.45) is 0 Å². The molecule has 1 aliphatic heterocycles. The number of fused-ring (bicyclic) bond motifs is 3.